The summed E-state index contributed by atoms with van der Waals surface area (Å²) >= 11 is 0. The molecule has 0 radical (unpaired) electrons. The molecule has 0 N–H and O–H groups in total. The van der Waals surface area contributed by atoms with Crippen molar-refractivity contribution < 1.29 is 32.2 Å². The van der Waals surface area contributed by atoms with E-state index in [1.54, 1.807) is 11.8 Å². The van der Waals surface area contributed by atoms with Crippen molar-refractivity contribution in [3.8, 4) is 5.75 Å². The molecule has 0 atom stereocenters. The van der Waals surface area contributed by atoms with Gasteiger partial charge in [-0.1, -0.05) is 19.3 Å². The van der Waals surface area contributed by atoms with Gasteiger partial charge in [0.15, 0.2) is 0 Å². The number of nitrogens with zero attached hydrogens (tertiary/aromatic N) is 1. The number of hydrogen-bond donors (Lipinski definition) is 0. The van der Waals surface area contributed by atoms with E-state index in [9.17, 15) is 22.8 Å². The molecule has 1 aliphatic carbocycles. The van der Waals surface area contributed by atoms with Crippen LogP contribution in [0.5, 0.6) is 5.75 Å². The predicted molar refractivity (Wildman–Crippen MR) is 104 cm³/mol. The smallest absolute Gasteiger partial charge is 0.466 e. The monoisotopic (exact) mass is 427 g/mol. The summed E-state index contributed by atoms with van der Waals surface area (Å²) in [6.45, 7) is 2.99. The predicted octanol–water partition coefficient (Wildman–Crippen LogP) is 4.95. The average Bonchev–Trinajstić information content (AvgIpc) is 2.73. The van der Waals surface area contributed by atoms with Gasteiger partial charge in [0.1, 0.15) is 5.75 Å². The highest BCUT2D eigenvalue weighted by atomic mass is 19.4. The van der Waals surface area contributed by atoms with Gasteiger partial charge in [-0.25, -0.2) is 0 Å². The molecule has 1 saturated carbocycles. The largest absolute Gasteiger partial charge is 0.573 e. The summed E-state index contributed by atoms with van der Waals surface area (Å²) in [5.41, 5.74) is -0.247. The molecule has 1 saturated heterocycles. The van der Waals surface area contributed by atoms with Gasteiger partial charge in [0.25, 0.3) is 5.91 Å². The average molecular weight is 427 g/mol. The first-order chi connectivity index (χ1) is 14.2. The molecule has 1 amide bonds. The summed E-state index contributed by atoms with van der Waals surface area (Å²) in [4.78, 5) is 27.4. The van der Waals surface area contributed by atoms with E-state index in [-0.39, 0.29) is 23.5 Å². The van der Waals surface area contributed by atoms with Crippen LogP contribution in [0.15, 0.2) is 24.3 Å². The van der Waals surface area contributed by atoms with Crippen molar-refractivity contribution >= 4 is 11.9 Å². The summed E-state index contributed by atoms with van der Waals surface area (Å²) in [6, 6.07) is 4.93. The van der Waals surface area contributed by atoms with E-state index < -0.39 is 11.8 Å². The van der Waals surface area contributed by atoms with Crippen molar-refractivity contribution in [1.29, 1.82) is 0 Å². The summed E-state index contributed by atoms with van der Waals surface area (Å²) in [6.07, 6.45) is 1.76. The van der Waals surface area contributed by atoms with Gasteiger partial charge in [0.2, 0.25) is 0 Å². The minimum Gasteiger partial charge on any atom is -0.466 e. The minimum atomic E-state index is -4.77. The molecule has 0 bridgehead atoms. The van der Waals surface area contributed by atoms with Crippen LogP contribution in [0.2, 0.25) is 0 Å². The Morgan fingerprint density at radius 1 is 1.07 bits per heavy atom. The SMILES string of the molecule is CCOC(=O)C1(C2CCCCC2)CCN(C(=O)c2ccc(OC(F)(F)F)cc2)CC1. The number of carbonyl (C=O) groups is 2. The highest BCUT2D eigenvalue weighted by molar-refractivity contribution is 5.94. The van der Waals surface area contributed by atoms with Gasteiger partial charge in [-0.2, -0.15) is 0 Å². The zero-order chi connectivity index (χ0) is 21.8. The Balaban J connectivity index is 1.67. The van der Waals surface area contributed by atoms with Crippen molar-refractivity contribution in [2.75, 3.05) is 19.7 Å². The number of amides is 1. The maximum atomic E-state index is 12.9. The van der Waals surface area contributed by atoms with Crippen LogP contribution in [0.4, 0.5) is 13.2 Å². The molecule has 0 spiro atoms. The van der Waals surface area contributed by atoms with Crippen molar-refractivity contribution in [1.82, 2.24) is 4.90 Å². The molecule has 0 unspecified atom stereocenters. The normalized spacial score (nSPS) is 19.9. The summed E-state index contributed by atoms with van der Waals surface area (Å²) in [5.74, 6) is -0.495. The molecule has 5 nitrogen and oxygen atoms in total. The van der Waals surface area contributed by atoms with Crippen LogP contribution < -0.4 is 4.74 Å². The first kappa shape index (κ1) is 22.4. The summed E-state index contributed by atoms with van der Waals surface area (Å²) in [5, 5.41) is 0. The first-order valence-electron chi connectivity index (χ1n) is 10.6. The standard InChI is InChI=1S/C22H28F3NO4/c1-2-29-20(28)21(17-6-4-3-5-7-17)12-14-26(15-13-21)19(27)16-8-10-18(11-9-16)30-22(23,24)25/h8-11,17H,2-7,12-15H2,1H3. The lowest BCUT2D eigenvalue weighted by Gasteiger charge is -2.45. The molecule has 8 heteroatoms. The number of halogens is 3. The molecule has 1 aromatic carbocycles. The number of rotatable bonds is 5. The van der Waals surface area contributed by atoms with Crippen molar-refractivity contribution in [3.05, 3.63) is 29.8 Å². The quantitative estimate of drug-likeness (QED) is 0.624. The molecular formula is C22H28F3NO4. The molecule has 2 fully saturated rings. The maximum absolute atomic E-state index is 12.9. The lowest BCUT2D eigenvalue weighted by Crippen LogP contribution is -2.51. The molecule has 1 heterocycles. The fourth-order valence-electron chi connectivity index (χ4n) is 4.80. The third-order valence-electron chi connectivity index (χ3n) is 6.35. The molecule has 0 aromatic heterocycles. The number of carbonyl (C=O) groups excluding carboxylic acids is 2. The Labute approximate surface area is 174 Å². The maximum Gasteiger partial charge on any atom is 0.573 e. The Hall–Kier alpha value is -2.25. The third kappa shape index (κ3) is 5.08. The minimum absolute atomic E-state index is 0.155. The van der Waals surface area contributed by atoms with E-state index in [1.807, 2.05) is 0 Å². The second-order valence-corrected chi connectivity index (χ2v) is 8.08. The molecule has 1 aromatic rings. The second kappa shape index (κ2) is 9.27. The highest BCUT2D eigenvalue weighted by Crippen LogP contribution is 2.47. The number of benzene rings is 1. The van der Waals surface area contributed by atoms with Crippen LogP contribution in [0.3, 0.4) is 0 Å². The van der Waals surface area contributed by atoms with Gasteiger partial charge in [0, 0.05) is 18.7 Å². The van der Waals surface area contributed by atoms with E-state index in [0.717, 1.165) is 37.8 Å². The Morgan fingerprint density at radius 3 is 2.20 bits per heavy atom. The van der Waals surface area contributed by atoms with E-state index in [1.165, 1.54) is 18.6 Å². The number of piperidine rings is 1. The number of likely N-dealkylation sites (tertiary alicyclic amines) is 1. The molecule has 1 aliphatic heterocycles. The second-order valence-electron chi connectivity index (χ2n) is 8.08. The Morgan fingerprint density at radius 2 is 1.67 bits per heavy atom. The van der Waals surface area contributed by atoms with Gasteiger partial charge in [-0.3, -0.25) is 9.59 Å². The van der Waals surface area contributed by atoms with Crippen LogP contribution >= 0.6 is 0 Å². The van der Waals surface area contributed by atoms with Gasteiger partial charge < -0.3 is 14.4 Å². The van der Waals surface area contributed by atoms with Gasteiger partial charge in [-0.05, 0) is 62.8 Å². The van der Waals surface area contributed by atoms with Gasteiger partial charge >= 0.3 is 12.3 Å². The highest BCUT2D eigenvalue weighted by Gasteiger charge is 2.49. The Bertz CT molecular complexity index is 734. The fraction of sp³-hybridized carbons (Fsp3) is 0.636. The summed E-state index contributed by atoms with van der Waals surface area (Å²) in [7, 11) is 0. The van der Waals surface area contributed by atoms with Crippen LogP contribution in [0.25, 0.3) is 0 Å². The van der Waals surface area contributed by atoms with E-state index in [2.05, 4.69) is 4.74 Å². The van der Waals surface area contributed by atoms with E-state index in [0.29, 0.717) is 38.1 Å². The molecule has 2 aliphatic rings. The van der Waals surface area contributed by atoms with Crippen LogP contribution in [-0.2, 0) is 9.53 Å². The first-order valence-corrected chi connectivity index (χ1v) is 10.6. The Kier molecular flexibility index (Phi) is 6.93. The lowest BCUT2D eigenvalue weighted by atomic mass is 9.63. The van der Waals surface area contributed by atoms with Gasteiger partial charge in [-0.15, -0.1) is 13.2 Å². The van der Waals surface area contributed by atoms with Crippen molar-refractivity contribution in [3.63, 3.8) is 0 Å². The zero-order valence-corrected chi connectivity index (χ0v) is 17.2. The molecule has 30 heavy (non-hydrogen) atoms. The lowest BCUT2D eigenvalue weighted by molar-refractivity contribution is -0.274. The van der Waals surface area contributed by atoms with Crippen LogP contribution in [-0.4, -0.2) is 42.8 Å². The van der Waals surface area contributed by atoms with Crippen molar-refractivity contribution in [2.24, 2.45) is 11.3 Å². The third-order valence-corrected chi connectivity index (χ3v) is 6.35. The number of hydrogen-bond acceptors (Lipinski definition) is 4. The van der Waals surface area contributed by atoms with Crippen LogP contribution in [0, 0.1) is 11.3 Å². The fourth-order valence-corrected chi connectivity index (χ4v) is 4.80. The number of alkyl halides is 3. The number of ether oxygens (including phenoxy) is 2. The van der Waals surface area contributed by atoms with Gasteiger partial charge in [0.05, 0.1) is 12.0 Å². The molecular weight excluding hydrogens is 399 g/mol. The molecule has 166 valence electrons. The molecule has 3 rings (SSSR count). The summed E-state index contributed by atoms with van der Waals surface area (Å²) < 4.78 is 46.2. The number of esters is 1. The topological polar surface area (TPSA) is 55.8 Å². The van der Waals surface area contributed by atoms with E-state index >= 15 is 0 Å². The van der Waals surface area contributed by atoms with Crippen molar-refractivity contribution in [2.45, 2.75) is 58.2 Å². The van der Waals surface area contributed by atoms with Crippen LogP contribution in [0.1, 0.15) is 62.2 Å². The zero-order valence-electron chi connectivity index (χ0n) is 17.2. The van der Waals surface area contributed by atoms with E-state index in [4.69, 9.17) is 4.74 Å².